The van der Waals surface area contributed by atoms with Crippen molar-refractivity contribution >= 4 is 34.2 Å². The highest BCUT2D eigenvalue weighted by Gasteiger charge is 2.17. The predicted molar refractivity (Wildman–Crippen MR) is 111 cm³/mol. The van der Waals surface area contributed by atoms with Crippen LogP contribution in [0.3, 0.4) is 0 Å². The Morgan fingerprint density at radius 2 is 1.97 bits per heavy atom. The number of hydrogen-bond donors (Lipinski definition) is 1. The number of rotatable bonds is 4. The van der Waals surface area contributed by atoms with E-state index in [1.807, 2.05) is 41.8 Å². The van der Waals surface area contributed by atoms with Gasteiger partial charge in [-0.25, -0.2) is 4.98 Å². The molecule has 0 spiro atoms. The van der Waals surface area contributed by atoms with Gasteiger partial charge in [-0.05, 0) is 35.7 Å². The summed E-state index contributed by atoms with van der Waals surface area (Å²) in [6.45, 7) is 0. The van der Waals surface area contributed by atoms with Crippen LogP contribution in [0, 0.1) is 0 Å². The van der Waals surface area contributed by atoms with Crippen LogP contribution < -0.4 is 5.32 Å². The molecule has 0 radical (unpaired) electrons. The lowest BCUT2D eigenvalue weighted by atomic mass is 10.1. The summed E-state index contributed by atoms with van der Waals surface area (Å²) in [5, 5.41) is 13.3. The third-order valence-electron chi connectivity index (χ3n) is 4.29. The molecule has 0 saturated carbocycles. The summed E-state index contributed by atoms with van der Waals surface area (Å²) in [6, 6.07) is 16.8. The molecule has 0 aliphatic rings. The van der Waals surface area contributed by atoms with Crippen LogP contribution in [0.2, 0.25) is 0 Å². The summed E-state index contributed by atoms with van der Waals surface area (Å²) in [4.78, 5) is 22.7. The fourth-order valence-electron chi connectivity index (χ4n) is 2.96. The number of hydrogen-bond acceptors (Lipinski definition) is 7. The minimum atomic E-state index is -0.345. The van der Waals surface area contributed by atoms with Gasteiger partial charge in [0.05, 0.1) is 27.2 Å². The number of nitrogens with zero attached hydrogens (tertiary/aromatic N) is 4. The lowest BCUT2D eigenvalue weighted by Crippen LogP contribution is -2.13. The monoisotopic (exact) mass is 399 g/mol. The molecule has 7 nitrogen and oxygen atoms in total. The number of carbonyl (C=O) groups excluding carboxylic acids is 1. The first-order valence-corrected chi connectivity index (χ1v) is 9.65. The SMILES string of the molecule is O=C(Nc1nnc(-c2cccnc2)o1)c1cc(-c2cccs2)nc2ccccc12. The third kappa shape index (κ3) is 3.37. The number of pyridine rings is 2. The maximum Gasteiger partial charge on any atom is 0.322 e. The van der Waals surface area contributed by atoms with E-state index < -0.39 is 0 Å². The summed E-state index contributed by atoms with van der Waals surface area (Å²) in [5.41, 5.74) is 2.64. The van der Waals surface area contributed by atoms with E-state index in [2.05, 4.69) is 25.5 Å². The van der Waals surface area contributed by atoms with Gasteiger partial charge in [0.15, 0.2) is 0 Å². The maximum absolute atomic E-state index is 13.0. The summed E-state index contributed by atoms with van der Waals surface area (Å²) in [5.74, 6) is -0.0601. The molecule has 0 atom stereocenters. The highest BCUT2D eigenvalue weighted by molar-refractivity contribution is 7.13. The summed E-state index contributed by atoms with van der Waals surface area (Å²) >= 11 is 1.57. The number of amides is 1. The summed E-state index contributed by atoms with van der Waals surface area (Å²) in [7, 11) is 0. The fourth-order valence-corrected chi connectivity index (χ4v) is 3.64. The van der Waals surface area contributed by atoms with E-state index in [0.29, 0.717) is 11.1 Å². The van der Waals surface area contributed by atoms with Gasteiger partial charge in [0, 0.05) is 17.8 Å². The quantitative estimate of drug-likeness (QED) is 0.472. The predicted octanol–water partition coefficient (Wildman–Crippen LogP) is 4.66. The molecule has 8 heteroatoms. The largest absolute Gasteiger partial charge is 0.403 e. The van der Waals surface area contributed by atoms with Crippen LogP contribution in [-0.2, 0) is 0 Å². The second-order valence-electron chi connectivity index (χ2n) is 6.16. The van der Waals surface area contributed by atoms with Crippen LogP contribution in [0.4, 0.5) is 6.01 Å². The molecule has 1 aromatic carbocycles. The van der Waals surface area contributed by atoms with Crippen molar-refractivity contribution in [3.8, 4) is 22.0 Å². The van der Waals surface area contributed by atoms with Crippen LogP contribution in [-0.4, -0.2) is 26.1 Å². The molecular formula is C21H13N5O2S. The van der Waals surface area contributed by atoms with Gasteiger partial charge in [-0.1, -0.05) is 29.4 Å². The molecule has 0 aliphatic carbocycles. The molecular weight excluding hydrogens is 386 g/mol. The Morgan fingerprint density at radius 3 is 2.79 bits per heavy atom. The molecule has 4 aromatic heterocycles. The van der Waals surface area contributed by atoms with Crippen molar-refractivity contribution in [1.29, 1.82) is 0 Å². The molecule has 0 aliphatic heterocycles. The molecule has 4 heterocycles. The van der Waals surface area contributed by atoms with Crippen molar-refractivity contribution < 1.29 is 9.21 Å². The van der Waals surface area contributed by atoms with Gasteiger partial charge < -0.3 is 4.42 Å². The van der Waals surface area contributed by atoms with Gasteiger partial charge in [-0.15, -0.1) is 16.4 Å². The second kappa shape index (κ2) is 7.25. The van der Waals surface area contributed by atoms with E-state index >= 15 is 0 Å². The maximum atomic E-state index is 13.0. The van der Waals surface area contributed by atoms with Crippen LogP contribution in [0.1, 0.15) is 10.4 Å². The van der Waals surface area contributed by atoms with Crippen LogP contribution in [0.25, 0.3) is 32.9 Å². The molecule has 1 N–H and O–H groups in total. The average molecular weight is 399 g/mol. The zero-order chi connectivity index (χ0) is 19.6. The molecule has 0 unspecified atom stereocenters. The molecule has 140 valence electrons. The molecule has 29 heavy (non-hydrogen) atoms. The van der Waals surface area contributed by atoms with Crippen molar-refractivity contribution in [2.24, 2.45) is 0 Å². The molecule has 0 bridgehead atoms. The fraction of sp³-hybridized carbons (Fsp3) is 0. The van der Waals surface area contributed by atoms with Crippen molar-refractivity contribution in [2.75, 3.05) is 5.32 Å². The number of nitrogens with one attached hydrogen (secondary N) is 1. The molecule has 0 fully saturated rings. The van der Waals surface area contributed by atoms with Gasteiger partial charge in [-0.3, -0.25) is 15.1 Å². The smallest absolute Gasteiger partial charge is 0.322 e. The molecule has 5 rings (SSSR count). The zero-order valence-corrected chi connectivity index (χ0v) is 15.8. The van der Waals surface area contributed by atoms with Gasteiger partial charge in [-0.2, -0.15) is 0 Å². The van der Waals surface area contributed by atoms with Crippen molar-refractivity contribution in [2.45, 2.75) is 0 Å². The Morgan fingerprint density at radius 1 is 1.03 bits per heavy atom. The first-order chi connectivity index (χ1) is 14.3. The number of fused-ring (bicyclic) bond motifs is 1. The third-order valence-corrected chi connectivity index (χ3v) is 5.18. The Kier molecular flexibility index (Phi) is 4.30. The molecule has 0 saturated heterocycles. The average Bonchev–Trinajstić information content (AvgIpc) is 3.46. The first-order valence-electron chi connectivity index (χ1n) is 8.77. The summed E-state index contributed by atoms with van der Waals surface area (Å²) in [6.07, 6.45) is 3.27. The van der Waals surface area contributed by atoms with Crippen molar-refractivity contribution in [1.82, 2.24) is 20.2 Å². The van der Waals surface area contributed by atoms with E-state index in [1.54, 1.807) is 41.9 Å². The topological polar surface area (TPSA) is 93.8 Å². The van der Waals surface area contributed by atoms with E-state index in [-0.39, 0.29) is 17.8 Å². The summed E-state index contributed by atoms with van der Waals surface area (Å²) < 4.78 is 5.57. The van der Waals surface area contributed by atoms with Crippen molar-refractivity contribution in [3.05, 3.63) is 77.9 Å². The number of para-hydroxylation sites is 1. The van der Waals surface area contributed by atoms with Crippen LogP contribution >= 0.6 is 11.3 Å². The Balaban J connectivity index is 1.50. The molecule has 1 amide bonds. The second-order valence-corrected chi connectivity index (χ2v) is 7.11. The Hall–Kier alpha value is -3.91. The highest BCUT2D eigenvalue weighted by atomic mass is 32.1. The van der Waals surface area contributed by atoms with Gasteiger partial charge in [0.2, 0.25) is 0 Å². The number of benzene rings is 1. The first kappa shape index (κ1) is 17.2. The van der Waals surface area contributed by atoms with Gasteiger partial charge in [0.1, 0.15) is 0 Å². The number of carbonyl (C=O) groups is 1. The van der Waals surface area contributed by atoms with Gasteiger partial charge in [0.25, 0.3) is 11.8 Å². The molecule has 5 aromatic rings. The van der Waals surface area contributed by atoms with Gasteiger partial charge >= 0.3 is 6.01 Å². The number of thiophene rings is 1. The number of aromatic nitrogens is 4. The van der Waals surface area contributed by atoms with E-state index in [1.165, 1.54) is 0 Å². The Bertz CT molecular complexity index is 1300. The van der Waals surface area contributed by atoms with Crippen LogP contribution in [0.5, 0.6) is 0 Å². The normalized spacial score (nSPS) is 10.9. The van der Waals surface area contributed by atoms with Crippen molar-refractivity contribution in [3.63, 3.8) is 0 Å². The zero-order valence-electron chi connectivity index (χ0n) is 14.9. The standard InChI is InChI=1S/C21H13N5O2S/c27-19(24-21-26-25-20(28-21)13-5-3-9-22-12-13)15-11-17(18-8-4-10-29-18)23-16-7-2-1-6-14(15)16/h1-12H,(H,24,26,27). The lowest BCUT2D eigenvalue weighted by Gasteiger charge is -2.08. The van der Waals surface area contributed by atoms with Crippen LogP contribution in [0.15, 0.2) is 76.8 Å². The highest BCUT2D eigenvalue weighted by Crippen LogP contribution is 2.28. The van der Waals surface area contributed by atoms with E-state index in [9.17, 15) is 4.79 Å². The minimum Gasteiger partial charge on any atom is -0.403 e. The lowest BCUT2D eigenvalue weighted by molar-refractivity contribution is 0.102. The minimum absolute atomic E-state index is 0.0208. The number of anilines is 1. The van der Waals surface area contributed by atoms with E-state index in [0.717, 1.165) is 21.5 Å². The Labute approximate surface area is 169 Å². The van der Waals surface area contributed by atoms with E-state index in [4.69, 9.17) is 4.42 Å².